The van der Waals surface area contributed by atoms with Crippen molar-refractivity contribution >= 4 is 28.8 Å². The van der Waals surface area contributed by atoms with Crippen LogP contribution in [0.25, 0.3) is 0 Å². The zero-order chi connectivity index (χ0) is 19.2. The van der Waals surface area contributed by atoms with E-state index in [1.807, 2.05) is 0 Å². The highest BCUT2D eigenvalue weighted by Crippen LogP contribution is 2.29. The SMILES string of the molecule is CC(=O)c1cccc(NC(=O)NCC(c2cccs2)N2CCC(C)CC2)c1. The number of anilines is 1. The van der Waals surface area contributed by atoms with Gasteiger partial charge in [0.1, 0.15) is 0 Å². The zero-order valence-electron chi connectivity index (χ0n) is 15.9. The molecule has 6 heteroatoms. The maximum absolute atomic E-state index is 12.4. The summed E-state index contributed by atoms with van der Waals surface area (Å²) in [4.78, 5) is 27.6. The summed E-state index contributed by atoms with van der Waals surface area (Å²) in [6.07, 6.45) is 2.40. The third-order valence-corrected chi connectivity index (χ3v) is 6.09. The van der Waals surface area contributed by atoms with E-state index in [0.29, 0.717) is 17.8 Å². The standard InChI is InChI=1S/C21H27N3O2S/c1-15-8-10-24(11-9-15)19(20-7-4-12-27-20)14-22-21(26)23-18-6-3-5-17(13-18)16(2)25/h3-7,12-13,15,19H,8-11,14H2,1-2H3,(H2,22,23,26). The topological polar surface area (TPSA) is 61.4 Å². The molecule has 27 heavy (non-hydrogen) atoms. The number of amides is 2. The average molecular weight is 386 g/mol. The van der Waals surface area contributed by atoms with Crippen molar-refractivity contribution in [3.05, 3.63) is 52.2 Å². The molecular weight excluding hydrogens is 358 g/mol. The molecule has 144 valence electrons. The minimum absolute atomic E-state index is 0.0175. The molecule has 1 unspecified atom stereocenters. The molecule has 0 aliphatic carbocycles. The largest absolute Gasteiger partial charge is 0.336 e. The fourth-order valence-corrected chi connectivity index (χ4v) is 4.27. The minimum Gasteiger partial charge on any atom is -0.336 e. The van der Waals surface area contributed by atoms with Gasteiger partial charge in [0.15, 0.2) is 5.78 Å². The number of carbonyl (C=O) groups excluding carboxylic acids is 2. The molecule has 3 rings (SSSR count). The van der Waals surface area contributed by atoms with E-state index in [4.69, 9.17) is 0 Å². The second-order valence-electron chi connectivity index (χ2n) is 7.22. The van der Waals surface area contributed by atoms with Crippen LogP contribution >= 0.6 is 11.3 Å². The normalized spacial score (nSPS) is 16.7. The predicted octanol–water partition coefficient (Wildman–Crippen LogP) is 4.55. The van der Waals surface area contributed by atoms with Gasteiger partial charge in [-0.3, -0.25) is 9.69 Å². The van der Waals surface area contributed by atoms with Gasteiger partial charge < -0.3 is 10.6 Å². The molecule has 0 radical (unpaired) electrons. The van der Waals surface area contributed by atoms with Gasteiger partial charge in [-0.2, -0.15) is 0 Å². The first-order valence-corrected chi connectivity index (χ1v) is 10.3. The van der Waals surface area contributed by atoms with Gasteiger partial charge in [-0.05, 0) is 62.4 Å². The third kappa shape index (κ3) is 5.40. The van der Waals surface area contributed by atoms with Crippen molar-refractivity contribution in [1.29, 1.82) is 0 Å². The first-order valence-electron chi connectivity index (χ1n) is 9.46. The number of likely N-dealkylation sites (tertiary alicyclic amines) is 1. The van der Waals surface area contributed by atoms with Gasteiger partial charge in [-0.25, -0.2) is 4.79 Å². The molecule has 1 fully saturated rings. The van der Waals surface area contributed by atoms with Gasteiger partial charge in [0.25, 0.3) is 0 Å². The first kappa shape index (κ1) is 19.6. The van der Waals surface area contributed by atoms with Crippen LogP contribution in [0.15, 0.2) is 41.8 Å². The molecule has 1 atom stereocenters. The molecule has 2 aromatic rings. The molecular formula is C21H27N3O2S. The third-order valence-electron chi connectivity index (χ3n) is 5.11. The van der Waals surface area contributed by atoms with E-state index in [9.17, 15) is 9.59 Å². The van der Waals surface area contributed by atoms with Gasteiger partial charge in [0.05, 0.1) is 6.04 Å². The Morgan fingerprint density at radius 1 is 1.22 bits per heavy atom. The molecule has 2 amide bonds. The Labute approximate surface area is 164 Å². The van der Waals surface area contributed by atoms with Crippen LogP contribution in [-0.4, -0.2) is 36.3 Å². The number of hydrogen-bond acceptors (Lipinski definition) is 4. The summed E-state index contributed by atoms with van der Waals surface area (Å²) in [6, 6.07) is 11.2. The molecule has 1 aromatic carbocycles. The summed E-state index contributed by atoms with van der Waals surface area (Å²) in [5.74, 6) is 0.756. The van der Waals surface area contributed by atoms with Crippen molar-refractivity contribution in [3.8, 4) is 0 Å². The number of piperidine rings is 1. The molecule has 1 saturated heterocycles. The fraction of sp³-hybridized carbons (Fsp3) is 0.429. The molecule has 0 bridgehead atoms. The van der Waals surface area contributed by atoms with E-state index in [2.05, 4.69) is 40.0 Å². The maximum Gasteiger partial charge on any atom is 0.319 e. The van der Waals surface area contributed by atoms with Gasteiger partial charge in [-0.15, -0.1) is 11.3 Å². The molecule has 0 saturated carbocycles. The smallest absolute Gasteiger partial charge is 0.319 e. The number of carbonyl (C=O) groups is 2. The highest BCUT2D eigenvalue weighted by molar-refractivity contribution is 7.10. The van der Waals surface area contributed by atoms with Crippen LogP contribution in [0.2, 0.25) is 0 Å². The Balaban J connectivity index is 1.60. The lowest BCUT2D eigenvalue weighted by Gasteiger charge is -2.36. The van der Waals surface area contributed by atoms with Crippen LogP contribution < -0.4 is 10.6 Å². The summed E-state index contributed by atoms with van der Waals surface area (Å²) in [5.41, 5.74) is 1.21. The van der Waals surface area contributed by atoms with Gasteiger partial charge in [0, 0.05) is 22.7 Å². The van der Waals surface area contributed by atoms with Crippen molar-refractivity contribution in [3.63, 3.8) is 0 Å². The summed E-state index contributed by atoms with van der Waals surface area (Å²) in [5, 5.41) is 7.92. The minimum atomic E-state index is -0.248. The number of Topliss-reactive ketones (excluding diaryl/α,β-unsaturated/α-hetero) is 1. The Morgan fingerprint density at radius 2 is 2.00 bits per heavy atom. The molecule has 1 aliphatic rings. The molecule has 2 heterocycles. The van der Waals surface area contributed by atoms with Gasteiger partial charge in [0.2, 0.25) is 0 Å². The number of thiophene rings is 1. The summed E-state index contributed by atoms with van der Waals surface area (Å²) in [7, 11) is 0. The Bertz CT molecular complexity index is 767. The highest BCUT2D eigenvalue weighted by Gasteiger charge is 2.25. The lowest BCUT2D eigenvalue weighted by molar-refractivity contribution is 0.101. The molecule has 1 aliphatic heterocycles. The van der Waals surface area contributed by atoms with Crippen molar-refractivity contribution < 1.29 is 9.59 Å². The summed E-state index contributed by atoms with van der Waals surface area (Å²) >= 11 is 1.74. The van der Waals surface area contributed by atoms with Crippen LogP contribution in [0.3, 0.4) is 0 Å². The van der Waals surface area contributed by atoms with Crippen molar-refractivity contribution in [2.45, 2.75) is 32.7 Å². The molecule has 0 spiro atoms. The van der Waals surface area contributed by atoms with Gasteiger partial charge in [-0.1, -0.05) is 25.1 Å². The summed E-state index contributed by atoms with van der Waals surface area (Å²) < 4.78 is 0. The van der Waals surface area contributed by atoms with E-state index in [1.165, 1.54) is 24.6 Å². The van der Waals surface area contributed by atoms with E-state index < -0.39 is 0 Å². The maximum atomic E-state index is 12.4. The number of urea groups is 1. The number of rotatable bonds is 6. The van der Waals surface area contributed by atoms with Crippen molar-refractivity contribution in [1.82, 2.24) is 10.2 Å². The van der Waals surface area contributed by atoms with Crippen molar-refractivity contribution in [2.24, 2.45) is 5.92 Å². The molecule has 5 nitrogen and oxygen atoms in total. The molecule has 2 N–H and O–H groups in total. The number of nitrogens with one attached hydrogen (secondary N) is 2. The van der Waals surface area contributed by atoms with Crippen molar-refractivity contribution in [2.75, 3.05) is 25.0 Å². The van der Waals surface area contributed by atoms with Gasteiger partial charge >= 0.3 is 6.03 Å². The van der Waals surface area contributed by atoms with Crippen LogP contribution in [0.5, 0.6) is 0 Å². The van der Waals surface area contributed by atoms with Crippen LogP contribution in [0, 0.1) is 5.92 Å². The number of hydrogen-bond donors (Lipinski definition) is 2. The number of ketones is 1. The van der Waals surface area contributed by atoms with E-state index >= 15 is 0 Å². The molecule has 1 aromatic heterocycles. The Hall–Kier alpha value is -2.18. The van der Waals surface area contributed by atoms with E-state index in [0.717, 1.165) is 19.0 Å². The van der Waals surface area contributed by atoms with E-state index in [1.54, 1.807) is 35.6 Å². The zero-order valence-corrected chi connectivity index (χ0v) is 16.7. The lowest BCUT2D eigenvalue weighted by Crippen LogP contribution is -2.42. The first-order chi connectivity index (χ1) is 13.0. The highest BCUT2D eigenvalue weighted by atomic mass is 32.1. The van der Waals surface area contributed by atoms with Crippen LogP contribution in [0.4, 0.5) is 10.5 Å². The average Bonchev–Trinajstić information content (AvgIpc) is 3.18. The number of nitrogens with zero attached hydrogens (tertiary/aromatic N) is 1. The van der Waals surface area contributed by atoms with E-state index in [-0.39, 0.29) is 17.9 Å². The Kier molecular flexibility index (Phi) is 6.63. The van der Waals surface area contributed by atoms with Crippen LogP contribution in [0.1, 0.15) is 48.0 Å². The van der Waals surface area contributed by atoms with Crippen LogP contribution in [-0.2, 0) is 0 Å². The lowest BCUT2D eigenvalue weighted by atomic mass is 9.97. The second-order valence-corrected chi connectivity index (χ2v) is 8.20. The number of benzene rings is 1. The Morgan fingerprint density at radius 3 is 2.67 bits per heavy atom. The summed E-state index contributed by atoms with van der Waals surface area (Å²) in [6.45, 7) is 6.51. The quantitative estimate of drug-likeness (QED) is 0.718. The predicted molar refractivity (Wildman–Crippen MR) is 110 cm³/mol. The monoisotopic (exact) mass is 385 g/mol. The fourth-order valence-electron chi connectivity index (χ4n) is 3.41. The second kappa shape index (κ2) is 9.15.